The van der Waals surface area contributed by atoms with E-state index in [1.54, 1.807) is 18.7 Å². The summed E-state index contributed by atoms with van der Waals surface area (Å²) in [5.41, 5.74) is 2.33. The molecule has 0 saturated heterocycles. The number of carbonyl (C=O) groups is 1. The number of rotatable bonds is 5. The molecule has 1 unspecified atom stereocenters. The van der Waals surface area contributed by atoms with E-state index < -0.39 is 0 Å². The Hall–Kier alpha value is -3.25. The molecule has 1 amide bonds. The van der Waals surface area contributed by atoms with Crippen molar-refractivity contribution in [3.63, 3.8) is 0 Å². The van der Waals surface area contributed by atoms with Crippen molar-refractivity contribution in [1.29, 1.82) is 0 Å². The number of aromatic nitrogens is 2. The number of ether oxygens (including phenoxy) is 1. The molecular formula is C22H20ClN3O3. The van der Waals surface area contributed by atoms with Crippen molar-refractivity contribution in [2.24, 2.45) is 0 Å². The third-order valence-electron chi connectivity index (χ3n) is 4.75. The van der Waals surface area contributed by atoms with E-state index in [1.165, 1.54) is 0 Å². The molecule has 2 heterocycles. The van der Waals surface area contributed by atoms with Crippen LogP contribution in [0.5, 0.6) is 5.75 Å². The van der Waals surface area contributed by atoms with Gasteiger partial charge in [0, 0.05) is 5.39 Å². The maximum atomic E-state index is 12.9. The molecular weight excluding hydrogens is 390 g/mol. The average Bonchev–Trinajstić information content (AvgIpc) is 3.29. The summed E-state index contributed by atoms with van der Waals surface area (Å²) in [5, 5.41) is 8.55. The molecule has 4 rings (SSSR count). The van der Waals surface area contributed by atoms with E-state index in [0.29, 0.717) is 28.4 Å². The number of aryl methyl sites for hydroxylation is 1. The number of nitrogens with zero attached hydrogens (tertiary/aromatic N) is 2. The quantitative estimate of drug-likeness (QED) is 0.499. The largest absolute Gasteiger partial charge is 0.493 e. The molecule has 0 aliphatic heterocycles. The molecule has 1 atom stereocenters. The molecule has 4 aromatic rings. The highest BCUT2D eigenvalue weighted by atomic mass is 35.5. The van der Waals surface area contributed by atoms with Gasteiger partial charge in [0.15, 0.2) is 11.3 Å². The Bertz CT molecular complexity index is 1180. The van der Waals surface area contributed by atoms with Gasteiger partial charge in [-0.3, -0.25) is 4.79 Å². The molecule has 0 aliphatic carbocycles. The third kappa shape index (κ3) is 3.47. The molecule has 2 aromatic heterocycles. The number of para-hydroxylation sites is 2. The lowest BCUT2D eigenvalue weighted by molar-refractivity contribution is 0.0935. The van der Waals surface area contributed by atoms with Gasteiger partial charge in [0.25, 0.3) is 5.91 Å². The minimum atomic E-state index is -0.366. The SMILES string of the molecule is COc1cccc2cc(C(C)NC(=O)c3c(C)nn(-c4ccccc4)c3Cl)oc12. The van der Waals surface area contributed by atoms with Crippen LogP contribution in [0.2, 0.25) is 5.15 Å². The zero-order valence-corrected chi connectivity index (χ0v) is 17.0. The summed E-state index contributed by atoms with van der Waals surface area (Å²) < 4.78 is 12.8. The number of furan rings is 1. The van der Waals surface area contributed by atoms with Crippen LogP contribution in [0, 0.1) is 6.92 Å². The van der Waals surface area contributed by atoms with Gasteiger partial charge < -0.3 is 14.5 Å². The predicted octanol–water partition coefficient (Wildman–Crippen LogP) is 5.08. The van der Waals surface area contributed by atoms with Crippen molar-refractivity contribution in [3.05, 3.63) is 76.8 Å². The van der Waals surface area contributed by atoms with Crippen molar-refractivity contribution in [1.82, 2.24) is 15.1 Å². The summed E-state index contributed by atoms with van der Waals surface area (Å²) in [5.74, 6) is 0.965. The Labute approximate surface area is 173 Å². The van der Waals surface area contributed by atoms with Crippen LogP contribution in [0.3, 0.4) is 0 Å². The number of carbonyl (C=O) groups excluding carboxylic acids is 1. The van der Waals surface area contributed by atoms with Gasteiger partial charge in [-0.15, -0.1) is 0 Å². The first-order chi connectivity index (χ1) is 14.0. The lowest BCUT2D eigenvalue weighted by Crippen LogP contribution is -2.27. The monoisotopic (exact) mass is 409 g/mol. The summed E-state index contributed by atoms with van der Waals surface area (Å²) in [6.07, 6.45) is 0. The van der Waals surface area contributed by atoms with Crippen LogP contribution in [-0.2, 0) is 0 Å². The van der Waals surface area contributed by atoms with Gasteiger partial charge in [-0.05, 0) is 38.1 Å². The predicted molar refractivity (Wildman–Crippen MR) is 112 cm³/mol. The van der Waals surface area contributed by atoms with E-state index in [2.05, 4.69) is 10.4 Å². The fourth-order valence-corrected chi connectivity index (χ4v) is 3.63. The molecule has 0 aliphatic rings. The zero-order valence-electron chi connectivity index (χ0n) is 16.3. The van der Waals surface area contributed by atoms with Crippen LogP contribution in [0.1, 0.15) is 34.8 Å². The second kappa shape index (κ2) is 7.64. The Balaban J connectivity index is 1.61. The van der Waals surface area contributed by atoms with Crippen molar-refractivity contribution in [2.45, 2.75) is 19.9 Å². The molecule has 7 heteroatoms. The average molecular weight is 410 g/mol. The van der Waals surface area contributed by atoms with Gasteiger partial charge in [-0.1, -0.05) is 41.9 Å². The Morgan fingerprint density at radius 2 is 1.97 bits per heavy atom. The Morgan fingerprint density at radius 1 is 1.21 bits per heavy atom. The standard InChI is InChI=1S/C22H20ClN3O3/c1-13(18-12-15-8-7-11-17(28-3)20(15)29-18)24-22(27)19-14(2)25-26(21(19)23)16-9-5-4-6-10-16/h4-13H,1-3H3,(H,24,27). The molecule has 148 valence electrons. The third-order valence-corrected chi connectivity index (χ3v) is 5.10. The van der Waals surface area contributed by atoms with E-state index in [-0.39, 0.29) is 17.1 Å². The first-order valence-electron chi connectivity index (χ1n) is 9.17. The fourth-order valence-electron chi connectivity index (χ4n) is 3.27. The topological polar surface area (TPSA) is 69.3 Å². The van der Waals surface area contributed by atoms with E-state index in [9.17, 15) is 4.79 Å². The lowest BCUT2D eigenvalue weighted by atomic mass is 10.2. The van der Waals surface area contributed by atoms with Gasteiger partial charge >= 0.3 is 0 Å². The van der Waals surface area contributed by atoms with Crippen LogP contribution >= 0.6 is 11.6 Å². The van der Waals surface area contributed by atoms with Gasteiger partial charge in [0.05, 0.1) is 30.1 Å². The van der Waals surface area contributed by atoms with E-state index in [4.69, 9.17) is 20.8 Å². The minimum absolute atomic E-state index is 0.268. The Kier molecular flexibility index (Phi) is 5.03. The first-order valence-corrected chi connectivity index (χ1v) is 9.55. The van der Waals surface area contributed by atoms with Crippen molar-refractivity contribution in [2.75, 3.05) is 7.11 Å². The molecule has 0 radical (unpaired) electrons. The van der Waals surface area contributed by atoms with Gasteiger partial charge in [-0.25, -0.2) is 4.68 Å². The maximum absolute atomic E-state index is 12.9. The number of benzene rings is 2. The summed E-state index contributed by atoms with van der Waals surface area (Å²) >= 11 is 6.49. The number of fused-ring (bicyclic) bond motifs is 1. The number of nitrogens with one attached hydrogen (secondary N) is 1. The number of methoxy groups -OCH3 is 1. The summed E-state index contributed by atoms with van der Waals surface area (Å²) in [6.45, 7) is 3.61. The molecule has 0 fully saturated rings. The molecule has 2 aromatic carbocycles. The summed E-state index contributed by atoms with van der Waals surface area (Å²) in [6, 6.07) is 16.6. The van der Waals surface area contributed by atoms with Gasteiger partial charge in [0.2, 0.25) is 0 Å². The smallest absolute Gasteiger partial charge is 0.256 e. The molecule has 0 spiro atoms. The first kappa shape index (κ1) is 19.1. The molecule has 29 heavy (non-hydrogen) atoms. The molecule has 0 saturated carbocycles. The number of amides is 1. The van der Waals surface area contributed by atoms with E-state index in [0.717, 1.165) is 11.1 Å². The van der Waals surface area contributed by atoms with Crippen LogP contribution in [0.4, 0.5) is 0 Å². The van der Waals surface area contributed by atoms with E-state index >= 15 is 0 Å². The van der Waals surface area contributed by atoms with E-state index in [1.807, 2.05) is 61.5 Å². The highest BCUT2D eigenvalue weighted by molar-refractivity contribution is 6.33. The normalized spacial score (nSPS) is 12.1. The summed E-state index contributed by atoms with van der Waals surface area (Å²) in [4.78, 5) is 12.9. The van der Waals surface area contributed by atoms with Crippen LogP contribution in [0.15, 0.2) is 59.0 Å². The van der Waals surface area contributed by atoms with Crippen LogP contribution < -0.4 is 10.1 Å². The second-order valence-corrected chi connectivity index (χ2v) is 7.08. The summed E-state index contributed by atoms with van der Waals surface area (Å²) in [7, 11) is 1.59. The second-order valence-electron chi connectivity index (χ2n) is 6.72. The minimum Gasteiger partial charge on any atom is -0.493 e. The lowest BCUT2D eigenvalue weighted by Gasteiger charge is -2.11. The maximum Gasteiger partial charge on any atom is 0.256 e. The molecule has 0 bridgehead atoms. The molecule has 6 nitrogen and oxygen atoms in total. The van der Waals surface area contributed by atoms with Gasteiger partial charge in [-0.2, -0.15) is 5.10 Å². The number of hydrogen-bond donors (Lipinski definition) is 1. The number of halogens is 1. The Morgan fingerprint density at radius 3 is 2.69 bits per heavy atom. The highest BCUT2D eigenvalue weighted by Crippen LogP contribution is 2.31. The van der Waals surface area contributed by atoms with Crippen molar-refractivity contribution < 1.29 is 13.9 Å². The van der Waals surface area contributed by atoms with Crippen LogP contribution in [-0.4, -0.2) is 22.8 Å². The van der Waals surface area contributed by atoms with Crippen molar-refractivity contribution in [3.8, 4) is 11.4 Å². The fraction of sp³-hybridized carbons (Fsp3) is 0.182. The van der Waals surface area contributed by atoms with Crippen molar-refractivity contribution >= 4 is 28.5 Å². The van der Waals surface area contributed by atoms with Gasteiger partial charge in [0.1, 0.15) is 10.9 Å². The zero-order chi connectivity index (χ0) is 20.5. The molecule has 1 N–H and O–H groups in total. The van der Waals surface area contributed by atoms with Crippen LogP contribution in [0.25, 0.3) is 16.7 Å². The number of hydrogen-bond acceptors (Lipinski definition) is 4. The highest BCUT2D eigenvalue weighted by Gasteiger charge is 2.24.